The lowest BCUT2D eigenvalue weighted by Gasteiger charge is -2.06. The zero-order chi connectivity index (χ0) is 15.2. The van der Waals surface area contributed by atoms with Crippen molar-refractivity contribution in [2.75, 3.05) is 13.7 Å². The molecule has 5 heteroatoms. The topological polar surface area (TPSA) is 72.8 Å². The molecule has 0 radical (unpaired) electrons. The lowest BCUT2D eigenvalue weighted by molar-refractivity contribution is 0.0474. The average Bonchev–Trinajstić information content (AvgIpc) is 2.53. The van der Waals surface area contributed by atoms with E-state index in [4.69, 9.17) is 14.6 Å². The Morgan fingerprint density at radius 2 is 1.76 bits per heavy atom. The van der Waals surface area contributed by atoms with Gasteiger partial charge >= 0.3 is 5.97 Å². The van der Waals surface area contributed by atoms with Gasteiger partial charge in [0.25, 0.3) is 0 Å². The summed E-state index contributed by atoms with van der Waals surface area (Å²) >= 11 is 0. The predicted molar refractivity (Wildman–Crippen MR) is 75.7 cm³/mol. The van der Waals surface area contributed by atoms with Gasteiger partial charge in [0.15, 0.2) is 12.4 Å². The monoisotopic (exact) mass is 286 g/mol. The van der Waals surface area contributed by atoms with Gasteiger partial charge in [0.05, 0.1) is 12.7 Å². The molecular weight excluding hydrogens is 272 g/mol. The number of rotatable bonds is 5. The minimum Gasteiger partial charge on any atom is -0.508 e. The number of aromatic hydroxyl groups is 1. The second kappa shape index (κ2) is 6.56. The largest absolute Gasteiger partial charge is 0.508 e. The van der Waals surface area contributed by atoms with Gasteiger partial charge < -0.3 is 14.6 Å². The molecule has 2 aromatic carbocycles. The molecule has 0 spiro atoms. The molecule has 0 unspecified atom stereocenters. The Hall–Kier alpha value is -2.82. The van der Waals surface area contributed by atoms with Gasteiger partial charge in [0.2, 0.25) is 0 Å². The number of hydrogen-bond donors (Lipinski definition) is 1. The van der Waals surface area contributed by atoms with Crippen molar-refractivity contribution in [3.8, 4) is 11.5 Å². The van der Waals surface area contributed by atoms with E-state index in [0.717, 1.165) is 0 Å². The van der Waals surface area contributed by atoms with Crippen LogP contribution in [0.2, 0.25) is 0 Å². The highest BCUT2D eigenvalue weighted by Gasteiger charge is 2.12. The second-order valence-electron chi connectivity index (χ2n) is 4.28. The zero-order valence-electron chi connectivity index (χ0n) is 11.4. The Labute approximate surface area is 121 Å². The maximum atomic E-state index is 11.9. The number of hydrogen-bond acceptors (Lipinski definition) is 5. The van der Waals surface area contributed by atoms with E-state index in [9.17, 15) is 9.59 Å². The van der Waals surface area contributed by atoms with Crippen LogP contribution in [-0.4, -0.2) is 30.6 Å². The van der Waals surface area contributed by atoms with Crippen LogP contribution in [0.1, 0.15) is 20.7 Å². The summed E-state index contributed by atoms with van der Waals surface area (Å²) in [5.74, 6) is -0.322. The molecule has 0 aliphatic rings. The van der Waals surface area contributed by atoms with Gasteiger partial charge in [0.1, 0.15) is 11.5 Å². The van der Waals surface area contributed by atoms with Gasteiger partial charge in [-0.3, -0.25) is 4.79 Å². The highest BCUT2D eigenvalue weighted by molar-refractivity contribution is 5.99. The first-order valence-electron chi connectivity index (χ1n) is 6.23. The third kappa shape index (κ3) is 3.82. The lowest BCUT2D eigenvalue weighted by atomic mass is 10.1. The summed E-state index contributed by atoms with van der Waals surface area (Å²) < 4.78 is 9.97. The van der Waals surface area contributed by atoms with Crippen molar-refractivity contribution in [1.29, 1.82) is 0 Å². The number of carbonyl (C=O) groups is 2. The molecule has 0 bridgehead atoms. The van der Waals surface area contributed by atoms with Crippen molar-refractivity contribution >= 4 is 11.8 Å². The van der Waals surface area contributed by atoms with Gasteiger partial charge in [-0.15, -0.1) is 0 Å². The third-order valence-electron chi connectivity index (χ3n) is 2.83. The quantitative estimate of drug-likeness (QED) is 0.675. The fraction of sp³-hybridized carbons (Fsp3) is 0.125. The number of ketones is 1. The summed E-state index contributed by atoms with van der Waals surface area (Å²) in [5, 5.41) is 9.14. The van der Waals surface area contributed by atoms with Gasteiger partial charge in [-0.2, -0.15) is 0 Å². The molecule has 108 valence electrons. The first-order chi connectivity index (χ1) is 10.1. The van der Waals surface area contributed by atoms with Crippen molar-refractivity contribution in [3.63, 3.8) is 0 Å². The lowest BCUT2D eigenvalue weighted by Crippen LogP contribution is -2.14. The molecule has 0 aliphatic carbocycles. The molecule has 2 aromatic rings. The summed E-state index contributed by atoms with van der Waals surface area (Å²) in [6.07, 6.45) is 0. The minimum absolute atomic E-state index is 0.0546. The predicted octanol–water partition coefficient (Wildman–Crippen LogP) is 2.44. The molecule has 21 heavy (non-hydrogen) atoms. The smallest absolute Gasteiger partial charge is 0.338 e. The molecule has 0 saturated heterocycles. The number of phenols is 1. The van der Waals surface area contributed by atoms with Crippen molar-refractivity contribution in [2.45, 2.75) is 0 Å². The molecule has 0 amide bonds. The van der Waals surface area contributed by atoms with E-state index >= 15 is 0 Å². The molecule has 0 fully saturated rings. The summed E-state index contributed by atoms with van der Waals surface area (Å²) in [7, 11) is 1.51. The Morgan fingerprint density at radius 1 is 1.05 bits per heavy atom. The fourth-order valence-corrected chi connectivity index (χ4v) is 1.69. The Morgan fingerprint density at radius 3 is 2.43 bits per heavy atom. The van der Waals surface area contributed by atoms with Crippen LogP contribution >= 0.6 is 0 Å². The van der Waals surface area contributed by atoms with E-state index in [-0.39, 0.29) is 23.7 Å². The van der Waals surface area contributed by atoms with Crippen LogP contribution in [0.15, 0.2) is 48.5 Å². The van der Waals surface area contributed by atoms with E-state index in [1.807, 2.05) is 0 Å². The van der Waals surface area contributed by atoms with E-state index in [0.29, 0.717) is 11.3 Å². The SMILES string of the molecule is COc1cccc(C(=O)COC(=O)c2ccc(O)cc2)c1. The van der Waals surface area contributed by atoms with E-state index in [1.54, 1.807) is 24.3 Å². The molecule has 1 N–H and O–H groups in total. The number of Topliss-reactive ketones (excluding diaryl/α,β-unsaturated/α-hetero) is 1. The van der Waals surface area contributed by atoms with Gasteiger partial charge in [-0.25, -0.2) is 4.79 Å². The highest BCUT2D eigenvalue weighted by atomic mass is 16.5. The van der Waals surface area contributed by atoms with Gasteiger partial charge in [0, 0.05) is 5.56 Å². The Balaban J connectivity index is 1.97. The zero-order valence-corrected chi connectivity index (χ0v) is 11.4. The molecule has 0 atom stereocenters. The van der Waals surface area contributed by atoms with Crippen molar-refractivity contribution < 1.29 is 24.2 Å². The summed E-state index contributed by atoms with van der Waals surface area (Å²) in [4.78, 5) is 23.7. The number of benzene rings is 2. The number of esters is 1. The van der Waals surface area contributed by atoms with Gasteiger partial charge in [-0.05, 0) is 36.4 Å². The van der Waals surface area contributed by atoms with Crippen molar-refractivity contribution in [1.82, 2.24) is 0 Å². The standard InChI is InChI=1S/C16H14O5/c1-20-14-4-2-3-12(9-14)15(18)10-21-16(19)11-5-7-13(17)8-6-11/h2-9,17H,10H2,1H3. The van der Waals surface area contributed by atoms with Crippen LogP contribution in [0, 0.1) is 0 Å². The molecule has 0 saturated carbocycles. The van der Waals surface area contributed by atoms with Crippen molar-refractivity contribution in [2.24, 2.45) is 0 Å². The first kappa shape index (κ1) is 14.6. The maximum Gasteiger partial charge on any atom is 0.338 e. The fourth-order valence-electron chi connectivity index (χ4n) is 1.69. The average molecular weight is 286 g/mol. The molecule has 0 aromatic heterocycles. The van der Waals surface area contributed by atoms with E-state index in [1.165, 1.54) is 31.4 Å². The van der Waals surface area contributed by atoms with Crippen LogP contribution in [0.3, 0.4) is 0 Å². The molecule has 0 aliphatic heterocycles. The van der Waals surface area contributed by atoms with E-state index in [2.05, 4.69) is 0 Å². The highest BCUT2D eigenvalue weighted by Crippen LogP contribution is 2.14. The van der Waals surface area contributed by atoms with Crippen LogP contribution in [0.4, 0.5) is 0 Å². The van der Waals surface area contributed by atoms with Crippen LogP contribution in [0.25, 0.3) is 0 Å². The van der Waals surface area contributed by atoms with Gasteiger partial charge in [-0.1, -0.05) is 12.1 Å². The van der Waals surface area contributed by atoms with E-state index < -0.39 is 5.97 Å². The first-order valence-corrected chi connectivity index (χ1v) is 6.23. The number of ether oxygens (including phenoxy) is 2. The number of phenolic OH excluding ortho intramolecular Hbond substituents is 1. The molecular formula is C16H14O5. The summed E-state index contributed by atoms with van der Waals surface area (Å²) in [6.45, 7) is -0.354. The van der Waals surface area contributed by atoms with Crippen LogP contribution in [-0.2, 0) is 4.74 Å². The Bertz CT molecular complexity index is 646. The van der Waals surface area contributed by atoms with Crippen LogP contribution in [0.5, 0.6) is 11.5 Å². The molecule has 2 rings (SSSR count). The third-order valence-corrected chi connectivity index (χ3v) is 2.83. The number of methoxy groups -OCH3 is 1. The summed E-state index contributed by atoms with van der Waals surface area (Å²) in [5.41, 5.74) is 0.680. The number of carbonyl (C=O) groups excluding carboxylic acids is 2. The molecule has 5 nitrogen and oxygen atoms in total. The van der Waals surface area contributed by atoms with Crippen LogP contribution < -0.4 is 4.74 Å². The Kier molecular flexibility index (Phi) is 4.56. The van der Waals surface area contributed by atoms with Crippen molar-refractivity contribution in [3.05, 3.63) is 59.7 Å². The second-order valence-corrected chi connectivity index (χ2v) is 4.28. The summed E-state index contributed by atoms with van der Waals surface area (Å²) in [6, 6.07) is 12.2. The maximum absolute atomic E-state index is 11.9. The normalized spacial score (nSPS) is 9.95. The molecule has 0 heterocycles. The minimum atomic E-state index is -0.619.